The van der Waals surface area contributed by atoms with E-state index in [1.54, 1.807) is 0 Å². The minimum atomic E-state index is 0.176. The van der Waals surface area contributed by atoms with Crippen LogP contribution in [0.1, 0.15) is 12.0 Å². The zero-order valence-corrected chi connectivity index (χ0v) is 14.1. The number of ether oxygens (including phenoxy) is 1. The van der Waals surface area contributed by atoms with Gasteiger partial charge in [0, 0.05) is 31.9 Å². The second-order valence-electron chi connectivity index (χ2n) is 6.12. The van der Waals surface area contributed by atoms with Gasteiger partial charge >= 0.3 is 0 Å². The predicted molar refractivity (Wildman–Crippen MR) is 96.5 cm³/mol. The third kappa shape index (κ3) is 4.28. The highest BCUT2D eigenvalue weighted by Gasteiger charge is 2.21. The number of nitrogens with zero attached hydrogens (tertiary/aromatic N) is 2. The molecule has 2 aromatic rings. The molecular weight excluding hydrogens is 300 g/mol. The lowest BCUT2D eigenvalue weighted by Gasteiger charge is -2.36. The third-order valence-corrected chi connectivity index (χ3v) is 4.33. The summed E-state index contributed by atoms with van der Waals surface area (Å²) in [5, 5.41) is 0. The smallest absolute Gasteiger partial charge is 0.226 e. The molecule has 1 fully saturated rings. The maximum Gasteiger partial charge on any atom is 0.226 e. The van der Waals surface area contributed by atoms with E-state index in [1.165, 1.54) is 11.3 Å². The van der Waals surface area contributed by atoms with Crippen molar-refractivity contribution >= 4 is 11.6 Å². The van der Waals surface area contributed by atoms with E-state index in [2.05, 4.69) is 36.1 Å². The van der Waals surface area contributed by atoms with Crippen molar-refractivity contribution < 1.29 is 9.53 Å². The average molecular weight is 324 g/mol. The summed E-state index contributed by atoms with van der Waals surface area (Å²) in [6.45, 7) is 5.86. The van der Waals surface area contributed by atoms with Crippen LogP contribution in [0, 0.1) is 6.92 Å². The van der Waals surface area contributed by atoms with E-state index in [-0.39, 0.29) is 5.91 Å². The van der Waals surface area contributed by atoms with E-state index in [9.17, 15) is 4.79 Å². The summed E-state index contributed by atoms with van der Waals surface area (Å²) in [5.74, 6) is 0.990. The van der Waals surface area contributed by atoms with Gasteiger partial charge in [0.1, 0.15) is 5.75 Å². The monoisotopic (exact) mass is 324 g/mol. The molecule has 4 heteroatoms. The molecule has 1 aliphatic rings. The van der Waals surface area contributed by atoms with Crippen LogP contribution in [0.3, 0.4) is 0 Å². The van der Waals surface area contributed by atoms with Gasteiger partial charge in [-0.1, -0.05) is 30.3 Å². The fourth-order valence-electron chi connectivity index (χ4n) is 2.97. The molecule has 1 aliphatic heterocycles. The van der Waals surface area contributed by atoms with Crippen LogP contribution < -0.4 is 9.64 Å². The number of aryl methyl sites for hydroxylation is 1. The molecule has 4 nitrogen and oxygen atoms in total. The number of hydrogen-bond donors (Lipinski definition) is 0. The van der Waals surface area contributed by atoms with Gasteiger partial charge in [-0.2, -0.15) is 0 Å². The van der Waals surface area contributed by atoms with Crippen molar-refractivity contribution in [1.29, 1.82) is 0 Å². The molecule has 24 heavy (non-hydrogen) atoms. The number of carbonyl (C=O) groups is 1. The number of benzene rings is 2. The largest absolute Gasteiger partial charge is 0.493 e. The number of amides is 1. The zero-order chi connectivity index (χ0) is 16.8. The number of rotatable bonds is 5. The zero-order valence-electron chi connectivity index (χ0n) is 14.1. The summed E-state index contributed by atoms with van der Waals surface area (Å²) in [6.07, 6.45) is 0.430. The summed E-state index contributed by atoms with van der Waals surface area (Å²) in [7, 11) is 0. The fourth-order valence-corrected chi connectivity index (χ4v) is 2.97. The summed E-state index contributed by atoms with van der Waals surface area (Å²) >= 11 is 0. The molecular formula is C20H24N2O2. The average Bonchev–Trinajstić information content (AvgIpc) is 2.63. The first-order valence-electron chi connectivity index (χ1n) is 8.49. The van der Waals surface area contributed by atoms with Crippen LogP contribution >= 0.6 is 0 Å². The van der Waals surface area contributed by atoms with Crippen LogP contribution in [0.15, 0.2) is 54.6 Å². The van der Waals surface area contributed by atoms with Gasteiger partial charge in [-0.15, -0.1) is 0 Å². The first kappa shape index (κ1) is 16.4. The molecule has 0 saturated carbocycles. The molecule has 0 N–H and O–H groups in total. The molecule has 126 valence electrons. The minimum Gasteiger partial charge on any atom is -0.493 e. The second-order valence-corrected chi connectivity index (χ2v) is 6.12. The quantitative estimate of drug-likeness (QED) is 0.847. The van der Waals surface area contributed by atoms with Gasteiger partial charge in [-0.3, -0.25) is 4.79 Å². The van der Waals surface area contributed by atoms with Crippen molar-refractivity contribution in [3.8, 4) is 5.75 Å². The highest BCUT2D eigenvalue weighted by Crippen LogP contribution is 2.18. The van der Waals surface area contributed by atoms with Crippen LogP contribution in [0.4, 0.5) is 5.69 Å². The van der Waals surface area contributed by atoms with Crippen molar-refractivity contribution in [2.75, 3.05) is 37.7 Å². The van der Waals surface area contributed by atoms with Gasteiger partial charge in [0.2, 0.25) is 5.91 Å². The maximum atomic E-state index is 12.3. The lowest BCUT2D eigenvalue weighted by atomic mass is 10.2. The molecule has 0 unspecified atom stereocenters. The van der Waals surface area contributed by atoms with Crippen LogP contribution in [0.5, 0.6) is 5.75 Å². The first-order valence-corrected chi connectivity index (χ1v) is 8.49. The molecule has 3 rings (SSSR count). The van der Waals surface area contributed by atoms with Crippen molar-refractivity contribution in [3.05, 3.63) is 60.2 Å². The number of piperazine rings is 1. The predicted octanol–water partition coefficient (Wildman–Crippen LogP) is 3.11. The Morgan fingerprint density at radius 3 is 2.46 bits per heavy atom. The third-order valence-electron chi connectivity index (χ3n) is 4.33. The Bertz CT molecular complexity index is 664. The molecule has 0 spiro atoms. The van der Waals surface area contributed by atoms with E-state index >= 15 is 0 Å². The normalized spacial score (nSPS) is 14.5. The standard InChI is InChI=1S/C20H24N2O2/c1-17-6-5-7-18(16-17)21-11-13-22(14-12-21)20(23)10-15-24-19-8-3-2-4-9-19/h2-9,16H,10-15H2,1H3. The Hall–Kier alpha value is -2.49. The minimum absolute atomic E-state index is 0.176. The topological polar surface area (TPSA) is 32.8 Å². The first-order chi connectivity index (χ1) is 11.7. The van der Waals surface area contributed by atoms with Gasteiger partial charge in [0.15, 0.2) is 0 Å². The molecule has 1 amide bonds. The Kier molecular flexibility index (Phi) is 5.36. The molecule has 1 heterocycles. The van der Waals surface area contributed by atoms with Gasteiger partial charge in [-0.05, 0) is 36.8 Å². The molecule has 0 aromatic heterocycles. The lowest BCUT2D eigenvalue weighted by Crippen LogP contribution is -2.49. The van der Waals surface area contributed by atoms with Crippen LogP contribution in [0.2, 0.25) is 0 Å². The van der Waals surface area contributed by atoms with E-state index in [0.29, 0.717) is 13.0 Å². The van der Waals surface area contributed by atoms with Crippen LogP contribution in [-0.2, 0) is 4.79 Å². The number of para-hydroxylation sites is 1. The molecule has 0 atom stereocenters. The van der Waals surface area contributed by atoms with E-state index in [0.717, 1.165) is 31.9 Å². The van der Waals surface area contributed by atoms with E-state index < -0.39 is 0 Å². The van der Waals surface area contributed by atoms with Gasteiger partial charge in [0.25, 0.3) is 0 Å². The Balaban J connectivity index is 1.43. The number of hydrogen-bond acceptors (Lipinski definition) is 3. The summed E-state index contributed by atoms with van der Waals surface area (Å²) in [6, 6.07) is 18.2. The summed E-state index contributed by atoms with van der Waals surface area (Å²) in [5.41, 5.74) is 2.51. The summed E-state index contributed by atoms with van der Waals surface area (Å²) in [4.78, 5) is 16.6. The van der Waals surface area contributed by atoms with E-state index in [4.69, 9.17) is 4.74 Å². The van der Waals surface area contributed by atoms with Crippen molar-refractivity contribution in [2.24, 2.45) is 0 Å². The number of carbonyl (C=O) groups excluding carboxylic acids is 1. The van der Waals surface area contributed by atoms with Crippen LogP contribution in [-0.4, -0.2) is 43.6 Å². The molecule has 0 radical (unpaired) electrons. The Morgan fingerprint density at radius 2 is 1.75 bits per heavy atom. The second kappa shape index (κ2) is 7.86. The number of anilines is 1. The van der Waals surface area contributed by atoms with Gasteiger partial charge in [0.05, 0.1) is 13.0 Å². The maximum absolute atomic E-state index is 12.3. The van der Waals surface area contributed by atoms with Crippen molar-refractivity contribution in [3.63, 3.8) is 0 Å². The molecule has 2 aromatic carbocycles. The fraction of sp³-hybridized carbons (Fsp3) is 0.350. The molecule has 1 saturated heterocycles. The SMILES string of the molecule is Cc1cccc(N2CCN(C(=O)CCOc3ccccc3)CC2)c1. The molecule has 0 aliphatic carbocycles. The van der Waals surface area contributed by atoms with Gasteiger partial charge in [-0.25, -0.2) is 0 Å². The van der Waals surface area contributed by atoms with E-state index in [1.807, 2.05) is 35.2 Å². The molecule has 0 bridgehead atoms. The Morgan fingerprint density at radius 1 is 1.00 bits per heavy atom. The lowest BCUT2D eigenvalue weighted by molar-refractivity contribution is -0.132. The van der Waals surface area contributed by atoms with Gasteiger partial charge < -0.3 is 14.5 Å². The van der Waals surface area contributed by atoms with Crippen LogP contribution in [0.25, 0.3) is 0 Å². The highest BCUT2D eigenvalue weighted by molar-refractivity contribution is 5.76. The highest BCUT2D eigenvalue weighted by atomic mass is 16.5. The van der Waals surface area contributed by atoms with Crippen molar-refractivity contribution in [1.82, 2.24) is 4.90 Å². The van der Waals surface area contributed by atoms with Crippen molar-refractivity contribution in [2.45, 2.75) is 13.3 Å². The Labute approximate surface area is 143 Å². The summed E-state index contributed by atoms with van der Waals surface area (Å²) < 4.78 is 5.61.